The lowest BCUT2D eigenvalue weighted by Gasteiger charge is -2.33. The predicted molar refractivity (Wildman–Crippen MR) is 72.0 cm³/mol. The molecular weight excluding hydrogens is 215 g/mol. The van der Waals surface area contributed by atoms with E-state index in [0.29, 0.717) is 0 Å². The third kappa shape index (κ3) is 4.35. The molecule has 0 saturated heterocycles. The molecule has 0 aliphatic rings. The highest BCUT2D eigenvalue weighted by Gasteiger charge is 2.20. The molecule has 0 aromatic heterocycles. The fourth-order valence-electron chi connectivity index (χ4n) is 2.09. The Bertz CT molecular complexity index is 333. The van der Waals surface area contributed by atoms with Crippen LogP contribution in [-0.4, -0.2) is 26.7 Å². The van der Waals surface area contributed by atoms with E-state index in [1.807, 2.05) is 19.2 Å². The Labute approximate surface area is 104 Å². The van der Waals surface area contributed by atoms with E-state index in [-0.39, 0.29) is 11.2 Å². The van der Waals surface area contributed by atoms with Gasteiger partial charge in [0, 0.05) is 25.3 Å². The molecule has 0 aliphatic carbocycles. The van der Waals surface area contributed by atoms with Crippen LogP contribution in [0.25, 0.3) is 0 Å². The first-order valence-corrected chi connectivity index (χ1v) is 6.13. The van der Waals surface area contributed by atoms with Crippen molar-refractivity contribution in [3.8, 4) is 0 Å². The van der Waals surface area contributed by atoms with Crippen LogP contribution >= 0.6 is 0 Å². The van der Waals surface area contributed by atoms with Crippen LogP contribution in [0.15, 0.2) is 24.3 Å². The van der Waals surface area contributed by atoms with Crippen LogP contribution in [0.4, 0.5) is 10.1 Å². The van der Waals surface area contributed by atoms with Gasteiger partial charge in [0.05, 0.1) is 0 Å². The second kappa shape index (κ2) is 6.01. The summed E-state index contributed by atoms with van der Waals surface area (Å²) in [6.45, 7) is 9.43. The number of anilines is 1. The van der Waals surface area contributed by atoms with Gasteiger partial charge in [0.2, 0.25) is 0 Å². The van der Waals surface area contributed by atoms with Gasteiger partial charge in [-0.25, -0.2) is 4.39 Å². The minimum atomic E-state index is -0.181. The summed E-state index contributed by atoms with van der Waals surface area (Å²) in [5.41, 5.74) is 1.28. The summed E-state index contributed by atoms with van der Waals surface area (Å²) in [6.07, 6.45) is 0. The molecule has 1 N–H and O–H groups in total. The molecule has 1 aromatic carbocycles. The maximum atomic E-state index is 12.9. The van der Waals surface area contributed by atoms with E-state index in [1.54, 1.807) is 0 Å². The van der Waals surface area contributed by atoms with Gasteiger partial charge in [-0.05, 0) is 43.7 Å². The van der Waals surface area contributed by atoms with Crippen LogP contribution in [0.2, 0.25) is 0 Å². The zero-order valence-electron chi connectivity index (χ0n) is 11.3. The molecule has 0 spiro atoms. The Hall–Kier alpha value is -1.09. The Morgan fingerprint density at radius 3 is 2.29 bits per heavy atom. The number of hydrogen-bond acceptors (Lipinski definition) is 2. The molecule has 0 unspecified atom stereocenters. The lowest BCUT2D eigenvalue weighted by Crippen LogP contribution is -2.39. The predicted octanol–water partition coefficient (Wildman–Crippen LogP) is 2.90. The van der Waals surface area contributed by atoms with Gasteiger partial charge >= 0.3 is 0 Å². The summed E-state index contributed by atoms with van der Waals surface area (Å²) in [7, 11) is 1.97. The summed E-state index contributed by atoms with van der Waals surface area (Å²) < 4.78 is 12.9. The molecule has 0 radical (unpaired) electrons. The van der Waals surface area contributed by atoms with Crippen molar-refractivity contribution in [3.05, 3.63) is 30.1 Å². The Morgan fingerprint density at radius 1 is 1.24 bits per heavy atom. The van der Waals surface area contributed by atoms with Gasteiger partial charge in [0.15, 0.2) is 0 Å². The highest BCUT2D eigenvalue weighted by molar-refractivity contribution is 5.46. The van der Waals surface area contributed by atoms with Crippen LogP contribution in [-0.2, 0) is 0 Å². The molecule has 96 valence electrons. The van der Waals surface area contributed by atoms with E-state index in [1.165, 1.54) is 12.1 Å². The summed E-state index contributed by atoms with van der Waals surface area (Å²) in [5.74, 6) is -0.181. The molecule has 0 heterocycles. The first-order chi connectivity index (χ1) is 7.98. The molecule has 1 aromatic rings. The Morgan fingerprint density at radius 2 is 1.82 bits per heavy atom. The topological polar surface area (TPSA) is 15.3 Å². The number of nitrogens with zero attached hydrogens (tertiary/aromatic N) is 1. The average Bonchev–Trinajstić information content (AvgIpc) is 2.27. The van der Waals surface area contributed by atoms with E-state index in [0.717, 1.165) is 25.3 Å². The van der Waals surface area contributed by atoms with Gasteiger partial charge in [0.25, 0.3) is 0 Å². The van der Waals surface area contributed by atoms with Crippen molar-refractivity contribution < 1.29 is 4.39 Å². The van der Waals surface area contributed by atoms with Crippen LogP contribution in [0.3, 0.4) is 0 Å². The maximum Gasteiger partial charge on any atom is 0.123 e. The van der Waals surface area contributed by atoms with Crippen molar-refractivity contribution in [1.29, 1.82) is 0 Å². The molecule has 0 fully saturated rings. The molecule has 2 nitrogen and oxygen atoms in total. The van der Waals surface area contributed by atoms with Gasteiger partial charge in [-0.1, -0.05) is 13.8 Å². The lowest BCUT2D eigenvalue weighted by atomic mass is 9.92. The van der Waals surface area contributed by atoms with Gasteiger partial charge in [0.1, 0.15) is 5.82 Å². The maximum absolute atomic E-state index is 12.9. The minimum absolute atomic E-state index is 0.181. The second-order valence-corrected chi connectivity index (χ2v) is 5.19. The standard InChI is InChI=1S/C14H23FN2/c1-5-17(11-14(2,3)10-16-4)13-8-6-12(15)7-9-13/h6-9,16H,5,10-11H2,1-4H3. The molecule has 1 rings (SSSR count). The van der Waals surface area contributed by atoms with Crippen LogP contribution in [0.5, 0.6) is 0 Å². The van der Waals surface area contributed by atoms with Crippen molar-refractivity contribution in [2.75, 3.05) is 31.6 Å². The Balaban J connectivity index is 2.75. The fourth-order valence-corrected chi connectivity index (χ4v) is 2.09. The summed E-state index contributed by atoms with van der Waals surface area (Å²) >= 11 is 0. The van der Waals surface area contributed by atoms with Gasteiger partial charge in [-0.15, -0.1) is 0 Å². The smallest absolute Gasteiger partial charge is 0.123 e. The van der Waals surface area contributed by atoms with Crippen LogP contribution in [0.1, 0.15) is 20.8 Å². The fraction of sp³-hybridized carbons (Fsp3) is 0.571. The lowest BCUT2D eigenvalue weighted by molar-refractivity contribution is 0.354. The zero-order valence-corrected chi connectivity index (χ0v) is 11.3. The van der Waals surface area contributed by atoms with Crippen molar-refractivity contribution >= 4 is 5.69 Å². The van der Waals surface area contributed by atoms with E-state index in [9.17, 15) is 4.39 Å². The number of nitrogens with one attached hydrogen (secondary N) is 1. The van der Waals surface area contributed by atoms with Crippen molar-refractivity contribution in [3.63, 3.8) is 0 Å². The zero-order chi connectivity index (χ0) is 12.9. The van der Waals surface area contributed by atoms with Crippen LogP contribution < -0.4 is 10.2 Å². The molecular formula is C14H23FN2. The monoisotopic (exact) mass is 238 g/mol. The van der Waals surface area contributed by atoms with Crippen molar-refractivity contribution in [1.82, 2.24) is 5.32 Å². The number of rotatable bonds is 6. The highest BCUT2D eigenvalue weighted by atomic mass is 19.1. The molecule has 0 bridgehead atoms. The molecule has 0 saturated carbocycles. The number of halogens is 1. The SMILES string of the molecule is CCN(CC(C)(C)CNC)c1ccc(F)cc1. The van der Waals surface area contributed by atoms with E-state index < -0.39 is 0 Å². The van der Waals surface area contributed by atoms with Gasteiger partial charge < -0.3 is 10.2 Å². The molecule has 0 atom stereocenters. The molecule has 17 heavy (non-hydrogen) atoms. The Kier molecular flexibility index (Phi) is 4.94. The van der Waals surface area contributed by atoms with E-state index in [4.69, 9.17) is 0 Å². The average molecular weight is 238 g/mol. The van der Waals surface area contributed by atoms with E-state index in [2.05, 4.69) is 31.0 Å². The van der Waals surface area contributed by atoms with Gasteiger partial charge in [-0.3, -0.25) is 0 Å². The van der Waals surface area contributed by atoms with Crippen molar-refractivity contribution in [2.24, 2.45) is 5.41 Å². The third-order valence-corrected chi connectivity index (χ3v) is 2.85. The summed E-state index contributed by atoms with van der Waals surface area (Å²) in [6, 6.07) is 6.72. The largest absolute Gasteiger partial charge is 0.371 e. The first kappa shape index (κ1) is 14.0. The number of benzene rings is 1. The van der Waals surface area contributed by atoms with Crippen LogP contribution in [0, 0.1) is 11.2 Å². The summed E-state index contributed by atoms with van der Waals surface area (Å²) in [5, 5.41) is 3.21. The number of hydrogen-bond donors (Lipinski definition) is 1. The first-order valence-electron chi connectivity index (χ1n) is 6.13. The molecule has 0 amide bonds. The second-order valence-electron chi connectivity index (χ2n) is 5.19. The third-order valence-electron chi connectivity index (χ3n) is 2.85. The summed E-state index contributed by atoms with van der Waals surface area (Å²) in [4.78, 5) is 2.27. The quantitative estimate of drug-likeness (QED) is 0.819. The molecule has 3 heteroatoms. The minimum Gasteiger partial charge on any atom is -0.371 e. The van der Waals surface area contributed by atoms with Crippen molar-refractivity contribution in [2.45, 2.75) is 20.8 Å². The molecule has 0 aliphatic heterocycles. The van der Waals surface area contributed by atoms with Gasteiger partial charge in [-0.2, -0.15) is 0 Å². The normalized spacial score (nSPS) is 11.6. The highest BCUT2D eigenvalue weighted by Crippen LogP contribution is 2.21. The van der Waals surface area contributed by atoms with E-state index >= 15 is 0 Å².